The zero-order chi connectivity index (χ0) is 22.2. The number of alkyl halides is 2. The molecular weight excluding hydrogens is 409 g/mol. The summed E-state index contributed by atoms with van der Waals surface area (Å²) in [6, 6.07) is 8.56. The Hall–Kier alpha value is -3.42. The molecule has 0 unspecified atom stereocenters. The molecule has 0 atom stereocenters. The number of pyridine rings is 1. The maximum absolute atomic E-state index is 14.3. The molecule has 3 aromatic rings. The molecule has 1 heterocycles. The van der Waals surface area contributed by atoms with Crippen LogP contribution in [0.3, 0.4) is 0 Å². The zero-order valence-corrected chi connectivity index (χ0v) is 16.6. The topological polar surface area (TPSA) is 68.3 Å². The first-order valence-electron chi connectivity index (χ1n) is 9.74. The molecule has 0 saturated heterocycles. The SMILES string of the molecule is Cc1cc(CC=O)c(F)cc1Oc1ccnc2ccc(C(=O)NC3CC(F)(F)C3)cc12. The van der Waals surface area contributed by atoms with Gasteiger partial charge in [-0.05, 0) is 48.4 Å². The molecule has 1 amide bonds. The maximum Gasteiger partial charge on any atom is 0.252 e. The highest BCUT2D eigenvalue weighted by Gasteiger charge is 2.45. The second kappa shape index (κ2) is 8.02. The van der Waals surface area contributed by atoms with Gasteiger partial charge in [0.05, 0.1) is 5.52 Å². The van der Waals surface area contributed by atoms with Crippen LogP contribution in [0.1, 0.15) is 34.3 Å². The van der Waals surface area contributed by atoms with Crippen LogP contribution >= 0.6 is 0 Å². The van der Waals surface area contributed by atoms with Gasteiger partial charge < -0.3 is 14.8 Å². The van der Waals surface area contributed by atoms with Crippen molar-refractivity contribution in [2.24, 2.45) is 0 Å². The van der Waals surface area contributed by atoms with Gasteiger partial charge in [0.1, 0.15) is 23.6 Å². The number of hydrogen-bond donors (Lipinski definition) is 1. The molecule has 5 nitrogen and oxygen atoms in total. The van der Waals surface area contributed by atoms with E-state index in [2.05, 4.69) is 10.3 Å². The number of carbonyl (C=O) groups excluding carboxylic acids is 2. The molecular formula is C23H19F3N2O3. The van der Waals surface area contributed by atoms with Gasteiger partial charge in [0.15, 0.2) is 0 Å². The molecule has 8 heteroatoms. The smallest absolute Gasteiger partial charge is 0.252 e. The van der Waals surface area contributed by atoms with Crippen LogP contribution in [0.5, 0.6) is 11.5 Å². The lowest BCUT2D eigenvalue weighted by molar-refractivity contribution is -0.107. The summed E-state index contributed by atoms with van der Waals surface area (Å²) in [5.41, 5.74) is 1.76. The number of aryl methyl sites for hydroxylation is 1. The molecule has 1 saturated carbocycles. The number of benzene rings is 2. The third-order valence-electron chi connectivity index (χ3n) is 5.26. The van der Waals surface area contributed by atoms with E-state index in [9.17, 15) is 22.8 Å². The fourth-order valence-electron chi connectivity index (χ4n) is 3.58. The predicted molar refractivity (Wildman–Crippen MR) is 108 cm³/mol. The van der Waals surface area contributed by atoms with E-state index in [4.69, 9.17) is 4.74 Å². The van der Waals surface area contributed by atoms with Crippen molar-refractivity contribution in [3.05, 3.63) is 65.1 Å². The number of nitrogens with one attached hydrogen (secondary N) is 1. The fourth-order valence-corrected chi connectivity index (χ4v) is 3.58. The van der Waals surface area contributed by atoms with E-state index in [1.54, 1.807) is 37.3 Å². The second-order valence-corrected chi connectivity index (χ2v) is 7.66. The minimum absolute atomic E-state index is 0.0312. The third-order valence-corrected chi connectivity index (χ3v) is 5.26. The average Bonchev–Trinajstić information content (AvgIpc) is 2.70. The van der Waals surface area contributed by atoms with E-state index >= 15 is 0 Å². The van der Waals surface area contributed by atoms with Crippen LogP contribution in [0.25, 0.3) is 10.9 Å². The number of ether oxygens (including phenoxy) is 1. The van der Waals surface area contributed by atoms with Crippen molar-refractivity contribution in [3.63, 3.8) is 0 Å². The van der Waals surface area contributed by atoms with E-state index in [0.717, 1.165) is 0 Å². The molecule has 31 heavy (non-hydrogen) atoms. The van der Waals surface area contributed by atoms with E-state index in [1.807, 2.05) is 0 Å². The van der Waals surface area contributed by atoms with E-state index in [1.165, 1.54) is 12.3 Å². The number of fused-ring (bicyclic) bond motifs is 1. The Morgan fingerprint density at radius 1 is 1.23 bits per heavy atom. The van der Waals surface area contributed by atoms with Crippen LogP contribution in [0, 0.1) is 12.7 Å². The maximum atomic E-state index is 14.3. The summed E-state index contributed by atoms with van der Waals surface area (Å²) >= 11 is 0. The van der Waals surface area contributed by atoms with Crippen molar-refractivity contribution < 1.29 is 27.5 Å². The molecule has 1 aliphatic carbocycles. The Morgan fingerprint density at radius 3 is 2.71 bits per heavy atom. The number of aldehydes is 1. The van der Waals surface area contributed by atoms with Crippen molar-refractivity contribution in [1.82, 2.24) is 10.3 Å². The Morgan fingerprint density at radius 2 is 2.00 bits per heavy atom. The molecule has 160 valence electrons. The van der Waals surface area contributed by atoms with Crippen molar-refractivity contribution in [2.45, 2.75) is 38.2 Å². The van der Waals surface area contributed by atoms with Crippen LogP contribution in [0.15, 0.2) is 42.6 Å². The van der Waals surface area contributed by atoms with Crippen molar-refractivity contribution in [1.29, 1.82) is 0 Å². The van der Waals surface area contributed by atoms with E-state index < -0.39 is 23.7 Å². The first kappa shape index (κ1) is 20.8. The molecule has 2 aromatic carbocycles. The minimum atomic E-state index is -2.72. The van der Waals surface area contributed by atoms with Gasteiger partial charge in [-0.2, -0.15) is 0 Å². The summed E-state index contributed by atoms with van der Waals surface area (Å²) in [6.07, 6.45) is 1.39. The Balaban J connectivity index is 1.61. The predicted octanol–water partition coefficient (Wildman–Crippen LogP) is 4.74. The van der Waals surface area contributed by atoms with Gasteiger partial charge in [0.25, 0.3) is 11.8 Å². The number of nitrogens with zero attached hydrogens (tertiary/aromatic N) is 1. The summed E-state index contributed by atoms with van der Waals surface area (Å²) in [5, 5.41) is 3.12. The average molecular weight is 428 g/mol. The molecule has 1 N–H and O–H groups in total. The van der Waals surface area contributed by atoms with Crippen LogP contribution in [0.4, 0.5) is 13.2 Å². The first-order valence-corrected chi connectivity index (χ1v) is 9.74. The fraction of sp³-hybridized carbons (Fsp3) is 0.261. The van der Waals surface area contributed by atoms with Gasteiger partial charge in [-0.25, -0.2) is 13.2 Å². The van der Waals surface area contributed by atoms with Crippen LogP contribution in [-0.2, 0) is 11.2 Å². The van der Waals surface area contributed by atoms with Gasteiger partial charge in [0.2, 0.25) is 0 Å². The summed E-state index contributed by atoms with van der Waals surface area (Å²) < 4.78 is 46.2. The number of halogens is 3. The van der Waals surface area contributed by atoms with Gasteiger partial charge in [0, 0.05) is 48.5 Å². The zero-order valence-electron chi connectivity index (χ0n) is 16.6. The molecule has 1 aliphatic rings. The number of amides is 1. The summed E-state index contributed by atoms with van der Waals surface area (Å²) in [6.45, 7) is 1.74. The summed E-state index contributed by atoms with van der Waals surface area (Å²) in [5.74, 6) is -3.10. The largest absolute Gasteiger partial charge is 0.456 e. The van der Waals surface area contributed by atoms with Crippen molar-refractivity contribution in [3.8, 4) is 11.5 Å². The molecule has 0 radical (unpaired) electrons. The van der Waals surface area contributed by atoms with Crippen LogP contribution in [0.2, 0.25) is 0 Å². The van der Waals surface area contributed by atoms with Crippen LogP contribution in [-0.4, -0.2) is 29.1 Å². The number of aromatic nitrogens is 1. The summed E-state index contributed by atoms with van der Waals surface area (Å²) in [7, 11) is 0. The standard InChI is InChI=1S/C23H19F3N2O3/c1-13-8-14(5-7-29)18(24)10-21(13)31-20-4-6-27-19-3-2-15(9-17(19)20)22(30)28-16-11-23(25,26)12-16/h2-4,6-10,16H,5,11-12H2,1H3,(H,28,30). The number of hydrogen-bond acceptors (Lipinski definition) is 4. The molecule has 1 aromatic heterocycles. The molecule has 0 spiro atoms. The Labute approximate surface area is 176 Å². The van der Waals surface area contributed by atoms with Gasteiger partial charge in [-0.3, -0.25) is 9.78 Å². The number of rotatable bonds is 6. The molecule has 1 fully saturated rings. The van der Waals surface area contributed by atoms with E-state index in [-0.39, 0.29) is 36.1 Å². The minimum Gasteiger partial charge on any atom is -0.456 e. The lowest BCUT2D eigenvalue weighted by Gasteiger charge is -2.35. The molecule has 0 aliphatic heterocycles. The quantitative estimate of drug-likeness (QED) is 0.576. The second-order valence-electron chi connectivity index (χ2n) is 7.66. The van der Waals surface area contributed by atoms with E-state index in [0.29, 0.717) is 28.5 Å². The third kappa shape index (κ3) is 4.38. The highest BCUT2D eigenvalue weighted by atomic mass is 19.3. The van der Waals surface area contributed by atoms with Crippen molar-refractivity contribution in [2.75, 3.05) is 0 Å². The molecule has 0 bridgehead atoms. The van der Waals surface area contributed by atoms with Crippen molar-refractivity contribution >= 4 is 23.1 Å². The highest BCUT2D eigenvalue weighted by molar-refractivity contribution is 5.99. The number of carbonyl (C=O) groups is 2. The first-order chi connectivity index (χ1) is 14.8. The van der Waals surface area contributed by atoms with Gasteiger partial charge in [-0.1, -0.05) is 0 Å². The van der Waals surface area contributed by atoms with Crippen LogP contribution < -0.4 is 10.1 Å². The molecule has 4 rings (SSSR count). The Kier molecular flexibility index (Phi) is 5.39. The normalized spacial score (nSPS) is 15.4. The lowest BCUT2D eigenvalue weighted by atomic mass is 9.88. The summed E-state index contributed by atoms with van der Waals surface area (Å²) in [4.78, 5) is 27.4. The van der Waals surface area contributed by atoms with Gasteiger partial charge in [-0.15, -0.1) is 0 Å². The monoisotopic (exact) mass is 428 g/mol. The van der Waals surface area contributed by atoms with Gasteiger partial charge >= 0.3 is 0 Å². The highest BCUT2D eigenvalue weighted by Crippen LogP contribution is 2.37. The Bertz CT molecular complexity index is 1170. The lowest BCUT2D eigenvalue weighted by Crippen LogP contribution is -2.50.